The molecule has 9 aromatic heterocycles. The molecule has 0 bridgehead atoms. The summed E-state index contributed by atoms with van der Waals surface area (Å²) < 4.78 is 7.39. The number of fused-ring (bicyclic) bond motifs is 4. The van der Waals surface area contributed by atoms with E-state index in [9.17, 15) is 14.4 Å². The van der Waals surface area contributed by atoms with Gasteiger partial charge in [-0.15, -0.1) is 11.3 Å². The van der Waals surface area contributed by atoms with Gasteiger partial charge in [-0.05, 0) is 182 Å². The fraction of sp³-hybridized carbons (Fsp3) is 0.486. The van der Waals surface area contributed by atoms with Gasteiger partial charge in [0.15, 0.2) is 22.6 Å². The number of pyridine rings is 1. The van der Waals surface area contributed by atoms with Crippen molar-refractivity contribution in [3.8, 4) is 0 Å². The minimum absolute atomic E-state index is 0.00613. The van der Waals surface area contributed by atoms with E-state index in [-0.39, 0.29) is 35.8 Å². The summed E-state index contributed by atoms with van der Waals surface area (Å²) in [5.74, 6) is 6.10. The molecule has 500 valence electrons. The number of rotatable bonds is 10. The molecule has 1 saturated carbocycles. The zero-order chi connectivity index (χ0) is 65.9. The molecule has 0 radical (unpaired) electrons. The maximum atomic E-state index is 13.5. The van der Waals surface area contributed by atoms with Crippen molar-refractivity contribution >= 4 is 80.6 Å². The van der Waals surface area contributed by atoms with Gasteiger partial charge < -0.3 is 29.4 Å². The number of carbonyl (C=O) groups is 3. The van der Waals surface area contributed by atoms with Crippen LogP contribution in [0.1, 0.15) is 205 Å². The largest absolute Gasteiger partial charge is 0.356 e. The Balaban J connectivity index is 0.000000118. The van der Waals surface area contributed by atoms with E-state index in [4.69, 9.17) is 41.8 Å². The lowest BCUT2D eigenvalue weighted by molar-refractivity contribution is 0.0594. The van der Waals surface area contributed by atoms with Gasteiger partial charge in [0.25, 0.3) is 17.7 Å². The molecule has 17 rings (SSSR count). The van der Waals surface area contributed by atoms with Crippen molar-refractivity contribution in [2.24, 2.45) is 17.8 Å². The van der Waals surface area contributed by atoms with Gasteiger partial charge in [0.1, 0.15) is 22.3 Å². The number of anilines is 3. The summed E-state index contributed by atoms with van der Waals surface area (Å²) in [6.07, 6.45) is 23.4. The van der Waals surface area contributed by atoms with Gasteiger partial charge >= 0.3 is 0 Å². The molecule has 3 amide bonds. The summed E-state index contributed by atoms with van der Waals surface area (Å²) in [7, 11) is 0. The van der Waals surface area contributed by atoms with Crippen molar-refractivity contribution in [1.29, 1.82) is 0 Å². The number of carbonyl (C=O) groups excluding carboxylic acids is 3. The average molecular weight is 1330 g/mol. The second-order valence-corrected chi connectivity index (χ2v) is 29.8. The van der Waals surface area contributed by atoms with Crippen LogP contribution in [0.25, 0.3) is 22.5 Å². The predicted octanol–water partition coefficient (Wildman–Crippen LogP) is 14.0. The van der Waals surface area contributed by atoms with E-state index in [0.717, 1.165) is 189 Å². The Kier molecular flexibility index (Phi) is 17.8. The molecule has 20 nitrogen and oxygen atoms in total. The molecule has 7 aliphatic rings. The van der Waals surface area contributed by atoms with E-state index in [1.165, 1.54) is 49.0 Å². The molecule has 6 aliphatic heterocycles. The summed E-state index contributed by atoms with van der Waals surface area (Å²) in [4.78, 5) is 68.7. The first kappa shape index (κ1) is 63.6. The number of piperidine rings is 3. The number of halogens is 1. The minimum Gasteiger partial charge on any atom is -0.356 e. The van der Waals surface area contributed by atoms with Crippen LogP contribution in [-0.4, -0.2) is 145 Å². The van der Waals surface area contributed by atoms with Gasteiger partial charge in [0.05, 0.1) is 45.7 Å². The van der Waals surface area contributed by atoms with Crippen molar-refractivity contribution in [3.63, 3.8) is 0 Å². The quantitative estimate of drug-likeness (QED) is 0.126. The summed E-state index contributed by atoms with van der Waals surface area (Å²) in [6, 6.07) is 23.9. The van der Waals surface area contributed by atoms with Gasteiger partial charge in [-0.25, -0.2) is 33.0 Å². The Bertz CT molecular complexity index is 4480. The molecule has 96 heavy (non-hydrogen) atoms. The van der Waals surface area contributed by atoms with Gasteiger partial charge in [-0.1, -0.05) is 50.6 Å². The van der Waals surface area contributed by atoms with Gasteiger partial charge in [-0.3, -0.25) is 14.4 Å². The summed E-state index contributed by atoms with van der Waals surface area (Å²) >= 11 is 7.65. The number of aryl methyl sites for hydroxylation is 3. The molecule has 6 saturated heterocycles. The maximum absolute atomic E-state index is 13.5. The highest BCUT2D eigenvalue weighted by atomic mass is 35.5. The third-order valence-corrected chi connectivity index (χ3v) is 22.3. The lowest BCUT2D eigenvalue weighted by Gasteiger charge is -2.34. The molecule has 10 aromatic rings. The highest BCUT2D eigenvalue weighted by Gasteiger charge is 2.36. The summed E-state index contributed by atoms with van der Waals surface area (Å²) in [5, 5.41) is 21.5. The normalized spacial score (nSPS) is 22.4. The van der Waals surface area contributed by atoms with Crippen LogP contribution < -0.4 is 14.7 Å². The summed E-state index contributed by atoms with van der Waals surface area (Å²) in [5.41, 5.74) is 12.3. The second kappa shape index (κ2) is 26.9. The van der Waals surface area contributed by atoms with E-state index in [1.54, 1.807) is 10.6 Å². The number of hydrogen-bond donors (Lipinski definition) is 0. The molecule has 0 N–H and O–H groups in total. The number of nitrogens with zero attached hydrogens (tertiary/aromatic N) is 17. The van der Waals surface area contributed by atoms with E-state index in [1.807, 2.05) is 76.2 Å². The Morgan fingerprint density at radius 1 is 0.469 bits per heavy atom. The van der Waals surface area contributed by atoms with E-state index < -0.39 is 0 Å². The van der Waals surface area contributed by atoms with Crippen LogP contribution in [0.5, 0.6) is 0 Å². The number of hydrogen-bond acceptors (Lipinski definition) is 14. The second-order valence-electron chi connectivity index (χ2n) is 28.5. The van der Waals surface area contributed by atoms with Crippen LogP contribution in [0.15, 0.2) is 103 Å². The predicted molar refractivity (Wildman–Crippen MR) is 377 cm³/mol. The number of amides is 3. The highest BCUT2D eigenvalue weighted by Crippen LogP contribution is 2.41. The van der Waals surface area contributed by atoms with E-state index in [0.29, 0.717) is 45.8 Å². The molecule has 6 atom stereocenters. The van der Waals surface area contributed by atoms with Crippen LogP contribution in [0.2, 0.25) is 5.02 Å². The zero-order valence-corrected chi connectivity index (χ0v) is 57.8. The maximum Gasteiger partial charge on any atom is 0.274 e. The lowest BCUT2D eigenvalue weighted by Crippen LogP contribution is -2.39. The standard InChI is InChI=1S/C27H33N5O.C25H29N7O.C22H26ClN5OS/c1-18-12-14-30(16-18)26-19(2)17-32-25(28-26)15-23(29-32)24-5-3-4-13-31(24)27(33)22-10-8-21(9-11-22)20-6-7-20;1-17-9-12-29(15-17)24-18(2)16-32-23(26-24)14-20(27-32)22-8-4-5-10-30(22)25(33)21-13-19-7-3-6-11-31(19)28-21;1-14-6-9-26(12-14)21-15(2)13-28-19(24-21)11-17(25-28)18-5-3-4-8-27(18)22(29)20-16(23)7-10-30-20/h8-11,15,17-18,20,24H,3-7,12-14,16H2,1-2H3;3,6-7,11,13-14,16-17,22H,4-5,8-10,12,15H2,1-2H3;7,10-11,13-14,18H,3-6,8-9,12H2,1-2H3/t18-,24-;17-,22-;14-,18-/m000/s1. The molecular weight excluding hydrogens is 1240 g/mol. The summed E-state index contributed by atoms with van der Waals surface area (Å²) in [6.45, 7) is 21.8. The molecule has 7 fully saturated rings. The van der Waals surface area contributed by atoms with Crippen molar-refractivity contribution in [1.82, 2.24) is 68.1 Å². The van der Waals surface area contributed by atoms with Crippen molar-refractivity contribution in [2.75, 3.05) is 73.6 Å². The zero-order valence-electron chi connectivity index (χ0n) is 56.2. The van der Waals surface area contributed by atoms with Crippen LogP contribution in [0.3, 0.4) is 0 Å². The van der Waals surface area contributed by atoms with Gasteiger partial charge in [0, 0.05) is 124 Å². The van der Waals surface area contributed by atoms with E-state index >= 15 is 0 Å². The Morgan fingerprint density at radius 2 is 0.917 bits per heavy atom. The number of benzene rings is 1. The Hall–Kier alpha value is -8.43. The van der Waals surface area contributed by atoms with Crippen molar-refractivity contribution < 1.29 is 14.4 Å². The average Bonchev–Trinajstić information content (AvgIpc) is 1.66. The molecule has 0 unspecified atom stereocenters. The van der Waals surface area contributed by atoms with Crippen molar-refractivity contribution in [3.05, 3.63) is 163 Å². The first-order valence-corrected chi connectivity index (χ1v) is 36.5. The third kappa shape index (κ3) is 12.9. The Labute approximate surface area is 570 Å². The SMILES string of the molecule is Cc1cn2nc([C@@H]3CCCCN3C(=O)c3cc4ccccn4n3)cc2nc1N1CC[C@H](C)C1.Cc1cn2nc([C@@H]3CCCCN3C(=O)c3ccc(C4CC4)cc3)cc2nc1N1CC[C@H](C)C1.Cc1cn2nc([C@@H]3CCCCN3C(=O)c3sccc3Cl)cc2nc1N1CC[C@H](C)C1. The molecule has 15 heterocycles. The molecule has 22 heteroatoms. The number of thiophene rings is 1. The van der Waals surface area contributed by atoms with Crippen LogP contribution in [0.4, 0.5) is 17.5 Å². The van der Waals surface area contributed by atoms with Crippen molar-refractivity contribution in [2.45, 2.75) is 155 Å². The third-order valence-electron chi connectivity index (χ3n) is 21.0. The smallest absolute Gasteiger partial charge is 0.274 e. The van der Waals surface area contributed by atoms with Crippen LogP contribution in [0, 0.1) is 38.5 Å². The molecule has 1 aromatic carbocycles. The number of aromatic nitrogens is 11. The lowest BCUT2D eigenvalue weighted by atomic mass is 9.98. The first-order chi connectivity index (χ1) is 46.6. The Morgan fingerprint density at radius 3 is 1.32 bits per heavy atom. The molecule has 1 aliphatic carbocycles. The molecule has 0 spiro atoms. The topological polar surface area (TPSA) is 179 Å². The monoisotopic (exact) mass is 1330 g/mol. The number of likely N-dealkylation sites (tertiary alicyclic amines) is 3. The minimum atomic E-state index is -0.0617. The van der Waals surface area contributed by atoms with Gasteiger partial charge in [0.2, 0.25) is 0 Å². The fourth-order valence-corrected chi connectivity index (χ4v) is 16.7. The highest BCUT2D eigenvalue weighted by molar-refractivity contribution is 7.12. The fourth-order valence-electron chi connectivity index (χ4n) is 15.6. The first-order valence-electron chi connectivity index (χ1n) is 35.2. The molecular formula is C74H88ClN17O3S. The van der Waals surface area contributed by atoms with Crippen LogP contribution >= 0.6 is 22.9 Å². The van der Waals surface area contributed by atoms with Gasteiger partial charge in [-0.2, -0.15) is 20.4 Å². The van der Waals surface area contributed by atoms with E-state index in [2.05, 4.69) is 110 Å². The van der Waals surface area contributed by atoms with Crippen LogP contribution in [-0.2, 0) is 0 Å².